The first-order valence-corrected chi connectivity index (χ1v) is 33.5. The SMILES string of the molecule is C.C.C.C=C(C)C(=O)OCCN1c2ccc(C)cc2C(C)(C)[C@]12C=Cc1cc(S(=O)(=O)[O-])ccc1O2.C=C(C)C(=O)OCCN1c2ccc(C)cc2C(C)(C)[C@]12C=Cc1ccccc1O2.C=C(C)C(=O)OCCN1c2ccccc2C(C)(C)[C@]12C=Cc1cc(S(=O)(=O)[O-])ccc1O2.[K+].[K+].[K+].[K+]. The predicted octanol–water partition coefficient (Wildman–Crippen LogP) is 2.47. The zero-order valence-electron chi connectivity index (χ0n) is 58.7. The number of nitrogens with zero attached hydrogens (tertiary/aromatic N) is 3. The minimum absolute atomic E-state index is 0. The van der Waals surface area contributed by atoms with E-state index in [1.54, 1.807) is 32.9 Å². The molecule has 6 aromatic carbocycles. The molecule has 0 N–H and O–H groups in total. The second kappa shape index (κ2) is 36.0. The van der Waals surface area contributed by atoms with Crippen LogP contribution in [0.15, 0.2) is 186 Å². The molecule has 101 heavy (non-hydrogen) atoms. The Morgan fingerprint density at radius 3 is 1.09 bits per heavy atom. The third-order valence-electron chi connectivity index (χ3n) is 18.4. The van der Waals surface area contributed by atoms with Crippen LogP contribution < -0.4 is 234 Å². The Hall–Kier alpha value is -2.66. The number of hydrogen-bond acceptors (Lipinski definition) is 18. The Morgan fingerprint density at radius 1 is 0.426 bits per heavy atom. The zero-order valence-corrected chi connectivity index (χ0v) is 72.8. The number of ether oxygens (including phenoxy) is 6. The molecule has 0 saturated carbocycles. The standard InChI is InChI=1S/C25H27NO6S.C25H27NO3.C24H25NO6S.3CH4.4K/c1-16(2)23(27)31-13-12-26-21-8-6-17(3)14-20(21)24(4,5)25(26)11-10-18-15-19(33(28,29)30)7-9-22(18)32-25;1-17(2)23(27)28-15-14-26-21-11-10-18(3)16-20(21)24(4,5)25(26)13-12-19-8-6-7-9-22(19)29-25;1-16(2)22(26)30-14-13-25-20-8-6-5-7-19(20)23(3,4)24(25)12-11-17-15-18(32(27,28)29)9-10-21(17)31-24;;;;;;;/h6-11,14-15H,1,12-13H2,2-5H3,(H,28,29,30);6-13,16H,1,14-15H2,2-5H3;5-12,15H,1,13-14H2,2-4H3,(H,27,28,29);3*1H4;;;;/q;;;;;;4*+1/p-2/t2*25-;24-;;;;;;;/m111......./s1. The molecule has 6 aliphatic rings. The zero-order chi connectivity index (χ0) is 68.3. The maximum atomic E-state index is 11.9. The van der Waals surface area contributed by atoms with Crippen LogP contribution in [0.3, 0.4) is 0 Å². The molecule has 3 spiro atoms. The maximum Gasteiger partial charge on any atom is 1.00 e. The Balaban J connectivity index is 0.000000381. The molecule has 18 nitrogen and oxygen atoms in total. The second-order valence-corrected chi connectivity index (χ2v) is 28.6. The van der Waals surface area contributed by atoms with Crippen molar-refractivity contribution in [3.05, 3.63) is 221 Å². The summed E-state index contributed by atoms with van der Waals surface area (Å²) in [6.45, 7) is 34.4. The van der Waals surface area contributed by atoms with E-state index >= 15 is 0 Å². The van der Waals surface area contributed by atoms with E-state index < -0.39 is 60.2 Å². The molecule has 6 aromatic rings. The van der Waals surface area contributed by atoms with E-state index in [2.05, 4.69) is 120 Å². The largest absolute Gasteiger partial charge is 1.00 e. The first-order chi connectivity index (χ1) is 44.1. The Morgan fingerprint density at radius 2 is 0.733 bits per heavy atom. The van der Waals surface area contributed by atoms with Crippen LogP contribution in [-0.2, 0) is 65.1 Å². The molecular weight excluding hydrogens is 1430 g/mol. The average molecular weight is 1520 g/mol. The van der Waals surface area contributed by atoms with Gasteiger partial charge in [0.25, 0.3) is 0 Å². The number of fused-ring (bicyclic) bond motifs is 6. The Kier molecular flexibility index (Phi) is 33.0. The smallest absolute Gasteiger partial charge is 0.744 e. The van der Waals surface area contributed by atoms with Gasteiger partial charge in [0.05, 0.1) is 45.7 Å². The van der Waals surface area contributed by atoms with Crippen LogP contribution in [0.25, 0.3) is 18.2 Å². The Bertz CT molecular complexity index is 4470. The van der Waals surface area contributed by atoms with Gasteiger partial charge in [0.2, 0.25) is 17.2 Å². The van der Waals surface area contributed by atoms with E-state index in [9.17, 15) is 40.3 Å². The summed E-state index contributed by atoms with van der Waals surface area (Å²) in [5, 5.41) is 0. The molecule has 516 valence electrons. The number of para-hydroxylation sites is 2. The topological polar surface area (TPSA) is 231 Å². The van der Waals surface area contributed by atoms with E-state index in [1.807, 2.05) is 78.6 Å². The molecule has 12 rings (SSSR count). The van der Waals surface area contributed by atoms with Gasteiger partial charge in [0, 0.05) is 50.5 Å². The van der Waals surface area contributed by atoms with Gasteiger partial charge in [-0.1, -0.05) is 114 Å². The fraction of sp³-hybridized carbons (Fsp3) is 0.338. The molecule has 6 heterocycles. The number of anilines is 3. The number of carbonyl (C=O) groups is 3. The van der Waals surface area contributed by atoms with Crippen LogP contribution in [0.5, 0.6) is 17.2 Å². The van der Waals surface area contributed by atoms with E-state index in [4.69, 9.17) is 28.4 Å². The maximum absolute atomic E-state index is 11.9. The summed E-state index contributed by atoms with van der Waals surface area (Å²) in [5.74, 6) is 0.505. The van der Waals surface area contributed by atoms with Gasteiger partial charge in [0.1, 0.15) is 57.3 Å². The molecule has 6 aliphatic heterocycles. The third-order valence-corrected chi connectivity index (χ3v) is 20.1. The van der Waals surface area contributed by atoms with Crippen LogP contribution in [0.4, 0.5) is 17.1 Å². The predicted molar refractivity (Wildman–Crippen MR) is 380 cm³/mol. The van der Waals surface area contributed by atoms with Crippen molar-refractivity contribution in [3.63, 3.8) is 0 Å². The monoisotopic (exact) mass is 1520 g/mol. The van der Waals surface area contributed by atoms with Crippen LogP contribution in [0.2, 0.25) is 0 Å². The van der Waals surface area contributed by atoms with Gasteiger partial charge in [-0.15, -0.1) is 0 Å². The summed E-state index contributed by atoms with van der Waals surface area (Å²) >= 11 is 0. The number of benzene rings is 6. The molecule has 24 heteroatoms. The van der Waals surface area contributed by atoms with Gasteiger partial charge in [0.15, 0.2) is 0 Å². The van der Waals surface area contributed by atoms with E-state index in [1.165, 1.54) is 47.5 Å². The van der Waals surface area contributed by atoms with Crippen molar-refractivity contribution in [1.29, 1.82) is 0 Å². The molecule has 0 aromatic heterocycles. The van der Waals surface area contributed by atoms with Crippen LogP contribution in [0.1, 0.15) is 129 Å². The first-order valence-electron chi connectivity index (χ1n) is 30.7. The van der Waals surface area contributed by atoms with E-state index in [-0.39, 0.29) is 269 Å². The van der Waals surface area contributed by atoms with Crippen LogP contribution in [-0.4, -0.2) is 100 Å². The second-order valence-electron chi connectivity index (χ2n) is 25.9. The number of esters is 3. The van der Waals surface area contributed by atoms with Gasteiger partial charge in [-0.25, -0.2) is 31.2 Å². The number of rotatable bonds is 14. The first kappa shape index (κ1) is 92.5. The number of carbonyl (C=O) groups excluding carboxylic acids is 3. The van der Waals surface area contributed by atoms with Gasteiger partial charge in [-0.2, -0.15) is 0 Å². The molecule has 3 atom stereocenters. The molecule has 0 aliphatic carbocycles. The Labute approximate surface area is 768 Å². The minimum atomic E-state index is -4.58. The van der Waals surface area contributed by atoms with Crippen molar-refractivity contribution in [3.8, 4) is 17.2 Å². The molecular formula is C77H89K4N3O15S2+2. The summed E-state index contributed by atoms with van der Waals surface area (Å²) in [5.41, 5.74) is 7.94. The van der Waals surface area contributed by atoms with Crippen molar-refractivity contribution in [1.82, 2.24) is 0 Å². The molecule has 0 unspecified atom stereocenters. The molecule has 0 fully saturated rings. The fourth-order valence-corrected chi connectivity index (χ4v) is 14.2. The minimum Gasteiger partial charge on any atom is -0.744 e. The van der Waals surface area contributed by atoms with Gasteiger partial charge in [-0.05, 0) is 190 Å². The van der Waals surface area contributed by atoms with E-state index in [0.29, 0.717) is 59.0 Å². The molecule has 0 radical (unpaired) electrons. The number of aryl methyl sites for hydroxylation is 2. The summed E-state index contributed by atoms with van der Waals surface area (Å²) in [7, 11) is -9.15. The average Bonchev–Trinajstić information content (AvgIpc) is 1.57. The summed E-state index contributed by atoms with van der Waals surface area (Å²) in [4.78, 5) is 41.4. The number of hydrogen-bond donors (Lipinski definition) is 0. The summed E-state index contributed by atoms with van der Waals surface area (Å²) in [6.07, 6.45) is 11.6. The molecule has 0 bridgehead atoms. The van der Waals surface area contributed by atoms with Crippen molar-refractivity contribution in [2.45, 2.75) is 142 Å². The van der Waals surface area contributed by atoms with Crippen molar-refractivity contribution in [2.24, 2.45) is 0 Å². The third kappa shape index (κ3) is 18.1. The van der Waals surface area contributed by atoms with Gasteiger partial charge >= 0.3 is 223 Å². The van der Waals surface area contributed by atoms with Gasteiger partial charge < -0.3 is 52.2 Å². The van der Waals surface area contributed by atoms with E-state index in [0.717, 1.165) is 45.1 Å². The van der Waals surface area contributed by atoms with Crippen molar-refractivity contribution in [2.75, 3.05) is 54.2 Å². The quantitative estimate of drug-likeness (QED) is 0.0501. The molecule has 0 saturated heterocycles. The van der Waals surface area contributed by atoms with Crippen molar-refractivity contribution >= 4 is 73.4 Å². The van der Waals surface area contributed by atoms with Crippen LogP contribution in [0, 0.1) is 13.8 Å². The molecule has 0 amide bonds. The normalized spacial score (nSPS) is 19.0. The summed E-state index contributed by atoms with van der Waals surface area (Å²) < 4.78 is 105. The fourth-order valence-electron chi connectivity index (χ4n) is 13.2. The summed E-state index contributed by atoms with van der Waals surface area (Å²) in [6, 6.07) is 36.8. The van der Waals surface area contributed by atoms with Crippen LogP contribution >= 0.6 is 0 Å². The van der Waals surface area contributed by atoms with Gasteiger partial charge in [-0.3, -0.25) is 0 Å². The van der Waals surface area contributed by atoms with Crippen molar-refractivity contribution < 1.29 is 274 Å².